The molecule has 2 rings (SSSR count). The molecule has 0 N–H and O–H groups in total. The van der Waals surface area contributed by atoms with Crippen LogP contribution in [0.25, 0.3) is 0 Å². The van der Waals surface area contributed by atoms with Crippen molar-refractivity contribution in [2.45, 2.75) is 19.3 Å². The van der Waals surface area contributed by atoms with Crippen LogP contribution in [0.5, 0.6) is 0 Å². The summed E-state index contributed by atoms with van der Waals surface area (Å²) >= 11 is 0. The minimum Gasteiger partial charge on any atom is -0.0808 e. The van der Waals surface area contributed by atoms with E-state index in [0.29, 0.717) is 0 Å². The Labute approximate surface area is 56.3 Å². The third kappa shape index (κ3) is 0.827. The number of fused-ring (bicyclic) bond motifs is 1. The zero-order valence-electron chi connectivity index (χ0n) is 5.59. The maximum atomic E-state index is 2.36. The lowest BCUT2D eigenvalue weighted by atomic mass is 9.92. The molecule has 0 heterocycles. The van der Waals surface area contributed by atoms with E-state index in [2.05, 4.69) is 24.3 Å². The topological polar surface area (TPSA) is 0 Å². The van der Waals surface area contributed by atoms with Crippen molar-refractivity contribution in [2.75, 3.05) is 0 Å². The summed E-state index contributed by atoms with van der Waals surface area (Å²) in [6.07, 6.45) is 13.4. The van der Waals surface area contributed by atoms with Crippen molar-refractivity contribution in [3.63, 3.8) is 0 Å². The van der Waals surface area contributed by atoms with Gasteiger partial charge in [-0.15, -0.1) is 0 Å². The Hall–Kier alpha value is -0.520. The molecular weight excluding hydrogens is 108 g/mol. The molecule has 0 bridgehead atoms. The highest BCUT2D eigenvalue weighted by molar-refractivity contribution is 5.15. The van der Waals surface area contributed by atoms with Crippen molar-refractivity contribution < 1.29 is 0 Å². The maximum absolute atomic E-state index is 2.36. The van der Waals surface area contributed by atoms with Gasteiger partial charge in [-0.25, -0.2) is 0 Å². The molecular formula is C9H12. The fourth-order valence-corrected chi connectivity index (χ4v) is 1.91. The molecule has 0 radical (unpaired) electrons. The third-order valence-corrected chi connectivity index (χ3v) is 2.45. The second-order valence-corrected chi connectivity index (χ2v) is 3.03. The molecule has 48 valence electrons. The highest BCUT2D eigenvalue weighted by atomic mass is 14.3. The lowest BCUT2D eigenvalue weighted by Crippen LogP contribution is -2.03. The molecule has 0 aliphatic heterocycles. The Morgan fingerprint density at radius 2 is 1.44 bits per heavy atom. The van der Waals surface area contributed by atoms with Gasteiger partial charge in [0.2, 0.25) is 0 Å². The summed E-state index contributed by atoms with van der Waals surface area (Å²) in [7, 11) is 0. The molecule has 9 heavy (non-hydrogen) atoms. The summed E-state index contributed by atoms with van der Waals surface area (Å²) < 4.78 is 0. The first-order chi connectivity index (χ1) is 4.47. The van der Waals surface area contributed by atoms with E-state index in [0.717, 1.165) is 11.8 Å². The smallest absolute Gasteiger partial charge is 0.0167 e. The molecule has 2 aliphatic rings. The lowest BCUT2D eigenvalue weighted by Gasteiger charge is -2.13. The molecule has 2 aliphatic carbocycles. The van der Waals surface area contributed by atoms with Crippen LogP contribution < -0.4 is 0 Å². The molecule has 0 aromatic rings. The van der Waals surface area contributed by atoms with E-state index in [1.54, 1.807) is 0 Å². The predicted molar refractivity (Wildman–Crippen MR) is 39.1 cm³/mol. The summed E-state index contributed by atoms with van der Waals surface area (Å²) in [6, 6.07) is 0. The predicted octanol–water partition coefficient (Wildman–Crippen LogP) is 2.53. The Morgan fingerprint density at radius 3 is 2.00 bits per heavy atom. The van der Waals surface area contributed by atoms with Gasteiger partial charge in [0.05, 0.1) is 0 Å². The summed E-state index contributed by atoms with van der Waals surface area (Å²) in [6.45, 7) is 0. The van der Waals surface area contributed by atoms with Crippen LogP contribution in [0.3, 0.4) is 0 Å². The average molecular weight is 120 g/mol. The van der Waals surface area contributed by atoms with Gasteiger partial charge in [0.1, 0.15) is 0 Å². The van der Waals surface area contributed by atoms with E-state index < -0.39 is 0 Å². The highest BCUT2D eigenvalue weighted by Gasteiger charge is 2.23. The molecule has 0 unspecified atom stereocenters. The molecule has 1 saturated carbocycles. The van der Waals surface area contributed by atoms with Gasteiger partial charge in [0.25, 0.3) is 0 Å². The van der Waals surface area contributed by atoms with Gasteiger partial charge in [0.15, 0.2) is 0 Å². The van der Waals surface area contributed by atoms with Crippen LogP contribution >= 0.6 is 0 Å². The monoisotopic (exact) mass is 120 g/mol. The van der Waals surface area contributed by atoms with Crippen LogP contribution in [0.15, 0.2) is 24.3 Å². The Morgan fingerprint density at radius 1 is 0.889 bits per heavy atom. The van der Waals surface area contributed by atoms with Crippen LogP contribution in [0.2, 0.25) is 0 Å². The fourth-order valence-electron chi connectivity index (χ4n) is 1.91. The van der Waals surface area contributed by atoms with E-state index in [9.17, 15) is 0 Å². The lowest BCUT2D eigenvalue weighted by molar-refractivity contribution is 0.552. The molecule has 0 amide bonds. The van der Waals surface area contributed by atoms with E-state index in [-0.39, 0.29) is 0 Å². The quantitative estimate of drug-likeness (QED) is 0.461. The minimum absolute atomic E-state index is 0.898. The molecule has 0 nitrogen and oxygen atoms in total. The van der Waals surface area contributed by atoms with Crippen molar-refractivity contribution in [1.29, 1.82) is 0 Å². The first-order valence-electron chi connectivity index (χ1n) is 3.82. The molecule has 0 aromatic heterocycles. The van der Waals surface area contributed by atoms with E-state index in [4.69, 9.17) is 0 Å². The Kier molecular flexibility index (Phi) is 1.18. The zero-order valence-corrected chi connectivity index (χ0v) is 5.59. The second-order valence-electron chi connectivity index (χ2n) is 3.03. The van der Waals surface area contributed by atoms with Crippen LogP contribution in [0.4, 0.5) is 0 Å². The van der Waals surface area contributed by atoms with Crippen molar-refractivity contribution >= 4 is 0 Å². The van der Waals surface area contributed by atoms with Crippen molar-refractivity contribution in [1.82, 2.24) is 0 Å². The Bertz CT molecular complexity index is 135. The normalized spacial score (nSPS) is 39.1. The van der Waals surface area contributed by atoms with Crippen molar-refractivity contribution in [3.05, 3.63) is 24.3 Å². The minimum atomic E-state index is 0.898. The molecule has 2 atom stereocenters. The van der Waals surface area contributed by atoms with Gasteiger partial charge in [-0.05, 0) is 24.7 Å². The molecule has 0 heteroatoms. The number of rotatable bonds is 0. The van der Waals surface area contributed by atoms with Gasteiger partial charge in [-0.2, -0.15) is 0 Å². The number of hydrogen-bond donors (Lipinski definition) is 0. The van der Waals surface area contributed by atoms with Gasteiger partial charge < -0.3 is 0 Å². The molecule has 0 aromatic carbocycles. The van der Waals surface area contributed by atoms with Crippen molar-refractivity contribution in [3.8, 4) is 0 Å². The van der Waals surface area contributed by atoms with Crippen LogP contribution in [-0.4, -0.2) is 0 Å². The van der Waals surface area contributed by atoms with E-state index in [1.807, 2.05) is 0 Å². The first kappa shape index (κ1) is 5.28. The van der Waals surface area contributed by atoms with E-state index >= 15 is 0 Å². The van der Waals surface area contributed by atoms with Gasteiger partial charge in [-0.3, -0.25) is 0 Å². The van der Waals surface area contributed by atoms with Crippen molar-refractivity contribution in [2.24, 2.45) is 11.8 Å². The van der Waals surface area contributed by atoms with Gasteiger partial charge in [-0.1, -0.05) is 30.7 Å². The summed E-state index contributed by atoms with van der Waals surface area (Å²) in [5.74, 6) is 1.80. The molecule has 1 fully saturated rings. The second kappa shape index (κ2) is 2.02. The van der Waals surface area contributed by atoms with Crippen LogP contribution in [0.1, 0.15) is 19.3 Å². The van der Waals surface area contributed by atoms with Gasteiger partial charge in [0, 0.05) is 0 Å². The average Bonchev–Trinajstić information content (AvgIpc) is 2.33. The zero-order chi connectivity index (χ0) is 6.10. The van der Waals surface area contributed by atoms with Crippen LogP contribution in [0, 0.1) is 11.8 Å². The maximum Gasteiger partial charge on any atom is -0.0167 e. The summed E-state index contributed by atoms with van der Waals surface area (Å²) in [4.78, 5) is 0. The molecule has 0 saturated heterocycles. The number of hydrogen-bond acceptors (Lipinski definition) is 0. The van der Waals surface area contributed by atoms with E-state index in [1.165, 1.54) is 19.3 Å². The summed E-state index contributed by atoms with van der Waals surface area (Å²) in [5, 5.41) is 0. The highest BCUT2D eigenvalue weighted by Crippen LogP contribution is 2.35. The molecule has 0 spiro atoms. The van der Waals surface area contributed by atoms with Gasteiger partial charge >= 0.3 is 0 Å². The fraction of sp³-hybridized carbons (Fsp3) is 0.556. The number of allylic oxidation sites excluding steroid dienone is 4. The SMILES string of the molecule is C1=C[C@@H]2CCC[C@@H]2C=C1. The Balaban J connectivity index is 2.18. The third-order valence-electron chi connectivity index (χ3n) is 2.45. The largest absolute Gasteiger partial charge is 0.0808 e. The standard InChI is InChI=1S/C9H12/c1-2-5-9-7-3-6-8(9)4-1/h1-2,4-5,8-9H,3,6-7H2/t8-,9+. The summed E-state index contributed by atoms with van der Waals surface area (Å²) in [5.41, 5.74) is 0. The first-order valence-corrected chi connectivity index (χ1v) is 3.82. The van der Waals surface area contributed by atoms with Crippen LogP contribution in [-0.2, 0) is 0 Å².